The first-order valence-corrected chi connectivity index (χ1v) is 4.87. The number of thiol groups is 1. The van der Waals surface area contributed by atoms with Crippen LogP contribution in [0.5, 0.6) is 0 Å². The maximum atomic E-state index is 8.93. The van der Waals surface area contributed by atoms with Crippen molar-refractivity contribution in [1.29, 1.82) is 5.26 Å². The van der Waals surface area contributed by atoms with E-state index in [0.29, 0.717) is 11.4 Å². The van der Waals surface area contributed by atoms with Crippen LogP contribution in [-0.2, 0) is 0 Å². The molecule has 1 N–H and O–H groups in total. The molecule has 1 aromatic carbocycles. The van der Waals surface area contributed by atoms with Crippen LogP contribution in [-0.4, -0.2) is 15.2 Å². The average Bonchev–Trinajstić information content (AvgIpc) is 2.81. The Morgan fingerprint density at radius 2 is 2.20 bits per heavy atom. The van der Waals surface area contributed by atoms with Gasteiger partial charge in [0.05, 0.1) is 16.9 Å². The van der Waals surface area contributed by atoms with Crippen LogP contribution in [0.2, 0.25) is 0 Å². The molecule has 2 aromatic rings. The van der Waals surface area contributed by atoms with E-state index in [1.165, 1.54) is 6.33 Å². The molecule has 1 unspecified atom stereocenters. The first-order chi connectivity index (χ1) is 7.33. The van der Waals surface area contributed by atoms with Gasteiger partial charge in [-0.3, -0.25) is 5.10 Å². The average molecular weight is 216 g/mol. The minimum absolute atomic E-state index is 0.247. The number of hydrogen-bond donors (Lipinski definition) is 2. The number of aromatic amines is 1. The van der Waals surface area contributed by atoms with E-state index in [9.17, 15) is 0 Å². The van der Waals surface area contributed by atoms with E-state index >= 15 is 0 Å². The second kappa shape index (κ2) is 4.15. The van der Waals surface area contributed by atoms with Crippen LogP contribution in [0.1, 0.15) is 22.2 Å². The van der Waals surface area contributed by atoms with Crippen molar-refractivity contribution >= 4 is 12.6 Å². The lowest BCUT2D eigenvalue weighted by molar-refractivity contribution is 0.958. The fourth-order valence-corrected chi connectivity index (χ4v) is 1.68. The second-order valence-corrected chi connectivity index (χ2v) is 3.49. The Labute approximate surface area is 92.4 Å². The highest BCUT2D eigenvalue weighted by Crippen LogP contribution is 2.27. The molecule has 0 amide bonds. The molecule has 15 heavy (non-hydrogen) atoms. The number of benzene rings is 1. The van der Waals surface area contributed by atoms with Gasteiger partial charge in [-0.25, -0.2) is 4.98 Å². The predicted octanol–water partition coefficient (Wildman–Crippen LogP) is 1.70. The molecular weight excluding hydrogens is 208 g/mol. The summed E-state index contributed by atoms with van der Waals surface area (Å²) in [5.74, 6) is 0.640. The van der Waals surface area contributed by atoms with E-state index in [-0.39, 0.29) is 5.25 Å². The lowest BCUT2D eigenvalue weighted by Gasteiger charge is -2.08. The summed E-state index contributed by atoms with van der Waals surface area (Å²) >= 11 is 4.41. The monoisotopic (exact) mass is 216 g/mol. The van der Waals surface area contributed by atoms with Crippen molar-refractivity contribution in [3.05, 3.63) is 47.5 Å². The Balaban J connectivity index is 2.42. The van der Waals surface area contributed by atoms with Gasteiger partial charge in [0, 0.05) is 0 Å². The van der Waals surface area contributed by atoms with Crippen LogP contribution in [0.3, 0.4) is 0 Å². The Kier molecular flexibility index (Phi) is 2.70. The van der Waals surface area contributed by atoms with Gasteiger partial charge < -0.3 is 0 Å². The SMILES string of the molecule is N#Cc1ccccc1C(S)c1ncn[nH]1. The zero-order valence-electron chi connectivity index (χ0n) is 7.75. The molecule has 0 saturated carbocycles. The van der Waals surface area contributed by atoms with Crippen molar-refractivity contribution in [2.75, 3.05) is 0 Å². The second-order valence-electron chi connectivity index (χ2n) is 2.97. The number of nitrogens with zero attached hydrogens (tertiary/aromatic N) is 3. The van der Waals surface area contributed by atoms with Crippen LogP contribution in [0.4, 0.5) is 0 Å². The van der Waals surface area contributed by atoms with Gasteiger partial charge in [0.15, 0.2) is 0 Å². The molecule has 74 valence electrons. The van der Waals surface area contributed by atoms with E-state index in [1.54, 1.807) is 6.07 Å². The molecule has 0 aliphatic carbocycles. The standard InChI is InChI=1S/C10H8N4S/c11-5-7-3-1-2-4-8(7)9(15)10-12-6-13-14-10/h1-4,6,9,15H,(H,12,13,14). The minimum atomic E-state index is -0.247. The lowest BCUT2D eigenvalue weighted by atomic mass is 10.1. The summed E-state index contributed by atoms with van der Waals surface area (Å²) in [5.41, 5.74) is 1.44. The topological polar surface area (TPSA) is 65.4 Å². The molecule has 1 atom stereocenters. The van der Waals surface area contributed by atoms with Crippen LogP contribution in [0.15, 0.2) is 30.6 Å². The molecule has 0 aliphatic heterocycles. The van der Waals surface area contributed by atoms with Gasteiger partial charge in [-0.15, -0.1) is 0 Å². The van der Waals surface area contributed by atoms with Gasteiger partial charge in [0.2, 0.25) is 0 Å². The van der Waals surface area contributed by atoms with Gasteiger partial charge in [0.25, 0.3) is 0 Å². The van der Waals surface area contributed by atoms with E-state index in [0.717, 1.165) is 5.56 Å². The van der Waals surface area contributed by atoms with Crippen LogP contribution in [0.25, 0.3) is 0 Å². The van der Waals surface area contributed by atoms with Crippen molar-refractivity contribution in [3.63, 3.8) is 0 Å². The molecule has 2 rings (SSSR count). The smallest absolute Gasteiger partial charge is 0.141 e. The van der Waals surface area contributed by atoms with Gasteiger partial charge >= 0.3 is 0 Å². The van der Waals surface area contributed by atoms with Gasteiger partial charge in [-0.1, -0.05) is 18.2 Å². The highest BCUT2D eigenvalue weighted by atomic mass is 32.1. The third-order valence-electron chi connectivity index (χ3n) is 2.07. The van der Waals surface area contributed by atoms with E-state index in [2.05, 4.69) is 33.9 Å². The quantitative estimate of drug-likeness (QED) is 0.751. The molecule has 0 aliphatic rings. The molecule has 5 heteroatoms. The summed E-state index contributed by atoms with van der Waals surface area (Å²) in [6.07, 6.45) is 1.42. The summed E-state index contributed by atoms with van der Waals surface area (Å²) in [5, 5.41) is 15.2. The van der Waals surface area contributed by atoms with Gasteiger partial charge in [-0.2, -0.15) is 23.0 Å². The molecule has 0 spiro atoms. The summed E-state index contributed by atoms with van der Waals surface area (Å²) in [4.78, 5) is 4.02. The molecule has 0 saturated heterocycles. The first kappa shape index (κ1) is 9.74. The highest BCUT2D eigenvalue weighted by Gasteiger charge is 2.15. The van der Waals surface area contributed by atoms with Crippen molar-refractivity contribution in [2.24, 2.45) is 0 Å². The minimum Gasteiger partial charge on any atom is -0.262 e. The molecule has 1 heterocycles. The fraction of sp³-hybridized carbons (Fsp3) is 0.100. The molecule has 0 fully saturated rings. The first-order valence-electron chi connectivity index (χ1n) is 4.35. The zero-order chi connectivity index (χ0) is 10.7. The fourth-order valence-electron chi connectivity index (χ4n) is 1.33. The maximum absolute atomic E-state index is 8.93. The number of aromatic nitrogens is 3. The zero-order valence-corrected chi connectivity index (χ0v) is 8.65. The summed E-state index contributed by atoms with van der Waals surface area (Å²) in [6, 6.07) is 9.44. The van der Waals surface area contributed by atoms with Crippen molar-refractivity contribution in [3.8, 4) is 6.07 Å². The largest absolute Gasteiger partial charge is 0.262 e. The Bertz CT molecular complexity index is 486. The maximum Gasteiger partial charge on any atom is 0.141 e. The highest BCUT2D eigenvalue weighted by molar-refractivity contribution is 7.80. The van der Waals surface area contributed by atoms with Crippen molar-refractivity contribution in [2.45, 2.75) is 5.25 Å². The third-order valence-corrected chi connectivity index (χ3v) is 2.59. The molecule has 0 radical (unpaired) electrons. The Morgan fingerprint density at radius 1 is 1.40 bits per heavy atom. The van der Waals surface area contributed by atoms with Gasteiger partial charge in [0.1, 0.15) is 12.2 Å². The number of hydrogen-bond acceptors (Lipinski definition) is 4. The summed E-state index contributed by atoms with van der Waals surface area (Å²) in [6.45, 7) is 0. The molecular formula is C10H8N4S. The van der Waals surface area contributed by atoms with Gasteiger partial charge in [-0.05, 0) is 11.6 Å². The normalized spacial score (nSPS) is 12.0. The third kappa shape index (κ3) is 1.85. The van der Waals surface area contributed by atoms with E-state index in [1.807, 2.05) is 18.2 Å². The lowest BCUT2D eigenvalue weighted by Crippen LogP contribution is -1.98. The molecule has 0 bridgehead atoms. The Morgan fingerprint density at radius 3 is 2.87 bits per heavy atom. The number of nitriles is 1. The van der Waals surface area contributed by atoms with E-state index < -0.39 is 0 Å². The van der Waals surface area contributed by atoms with Crippen LogP contribution >= 0.6 is 12.6 Å². The number of nitrogens with one attached hydrogen (secondary N) is 1. The van der Waals surface area contributed by atoms with Crippen LogP contribution < -0.4 is 0 Å². The van der Waals surface area contributed by atoms with Crippen molar-refractivity contribution in [1.82, 2.24) is 15.2 Å². The predicted molar refractivity (Wildman–Crippen MR) is 58.4 cm³/mol. The summed E-state index contributed by atoms with van der Waals surface area (Å²) in [7, 11) is 0. The number of H-pyrrole nitrogens is 1. The van der Waals surface area contributed by atoms with Crippen molar-refractivity contribution < 1.29 is 0 Å². The Hall–Kier alpha value is -1.80. The summed E-state index contributed by atoms with van der Waals surface area (Å²) < 4.78 is 0. The number of rotatable bonds is 2. The molecule has 4 nitrogen and oxygen atoms in total. The van der Waals surface area contributed by atoms with Crippen LogP contribution in [0, 0.1) is 11.3 Å². The molecule has 1 aromatic heterocycles. The van der Waals surface area contributed by atoms with E-state index in [4.69, 9.17) is 5.26 Å².